The van der Waals surface area contributed by atoms with Crippen LogP contribution in [0.5, 0.6) is 0 Å². The summed E-state index contributed by atoms with van der Waals surface area (Å²) in [5, 5.41) is 15.0. The van der Waals surface area contributed by atoms with E-state index in [-0.39, 0.29) is 13.2 Å². The van der Waals surface area contributed by atoms with Crippen LogP contribution in [0.1, 0.15) is 49.4 Å². The molecule has 0 aliphatic heterocycles. The van der Waals surface area contributed by atoms with E-state index in [1.807, 2.05) is 93.6 Å². The molecule has 2 atom stereocenters. The minimum absolute atomic E-state index is 0.107. The van der Waals surface area contributed by atoms with Gasteiger partial charge in [-0.05, 0) is 60.6 Å². The van der Waals surface area contributed by atoms with Crippen molar-refractivity contribution in [3.63, 3.8) is 0 Å². The van der Waals surface area contributed by atoms with Gasteiger partial charge < -0.3 is 14.6 Å². The third-order valence-electron chi connectivity index (χ3n) is 8.14. The number of carbonyl (C=O) groups excluding carboxylic acids is 1. The van der Waals surface area contributed by atoms with Crippen LogP contribution in [-0.4, -0.2) is 35.9 Å². The van der Waals surface area contributed by atoms with E-state index in [0.29, 0.717) is 13.0 Å². The predicted octanol–water partition coefficient (Wildman–Crippen LogP) is 7.03. The Morgan fingerprint density at radius 3 is 1.93 bits per heavy atom. The lowest BCUT2D eigenvalue weighted by Gasteiger charge is -2.45. The van der Waals surface area contributed by atoms with Crippen molar-refractivity contribution in [1.29, 1.82) is 0 Å². The van der Waals surface area contributed by atoms with E-state index in [4.69, 9.17) is 9.47 Å². The van der Waals surface area contributed by atoms with Gasteiger partial charge in [0.2, 0.25) is 0 Å². The average molecular weight is 576 g/mol. The van der Waals surface area contributed by atoms with Crippen LogP contribution in [0, 0.1) is 5.41 Å². The zero-order valence-electron chi connectivity index (χ0n) is 25.3. The van der Waals surface area contributed by atoms with Gasteiger partial charge in [-0.15, -0.1) is 6.58 Å². The summed E-state index contributed by atoms with van der Waals surface area (Å²) in [6, 6.07) is 35.7. The molecule has 5 nitrogen and oxygen atoms in total. The van der Waals surface area contributed by atoms with Crippen LogP contribution >= 0.6 is 0 Å². The Kier molecular flexibility index (Phi) is 8.97. The molecule has 0 saturated heterocycles. The largest absolute Gasteiger partial charge is 0.459 e. The molecule has 4 aromatic carbocycles. The maximum Gasteiger partial charge on any atom is 0.324 e. The molecule has 0 spiro atoms. The Hall–Kier alpha value is -4.03. The molecule has 222 valence electrons. The van der Waals surface area contributed by atoms with Crippen molar-refractivity contribution in [2.24, 2.45) is 5.41 Å². The van der Waals surface area contributed by atoms with Crippen LogP contribution in [0.2, 0.25) is 0 Å². The highest BCUT2D eigenvalue weighted by Crippen LogP contribution is 2.52. The van der Waals surface area contributed by atoms with Crippen molar-refractivity contribution in [3.05, 3.63) is 144 Å². The van der Waals surface area contributed by atoms with Crippen molar-refractivity contribution in [2.45, 2.75) is 51.0 Å². The highest BCUT2D eigenvalue weighted by atomic mass is 16.6. The average Bonchev–Trinajstić information content (AvgIpc) is 3.30. The third-order valence-corrected chi connectivity index (χ3v) is 8.14. The molecular formula is C38H41NO4. The van der Waals surface area contributed by atoms with E-state index in [0.717, 1.165) is 33.4 Å². The van der Waals surface area contributed by atoms with Gasteiger partial charge in [0.15, 0.2) is 0 Å². The molecule has 0 saturated carbocycles. The van der Waals surface area contributed by atoms with Crippen molar-refractivity contribution < 1.29 is 19.4 Å². The molecule has 1 aliphatic carbocycles. The molecule has 5 heteroatoms. The fourth-order valence-electron chi connectivity index (χ4n) is 6.21. The Morgan fingerprint density at radius 2 is 1.40 bits per heavy atom. The van der Waals surface area contributed by atoms with Crippen LogP contribution in [-0.2, 0) is 26.4 Å². The van der Waals surface area contributed by atoms with Crippen LogP contribution in [0.15, 0.2) is 122 Å². The minimum atomic E-state index is -1.08. The molecule has 0 bridgehead atoms. The van der Waals surface area contributed by atoms with E-state index in [1.165, 1.54) is 0 Å². The summed E-state index contributed by atoms with van der Waals surface area (Å²) < 4.78 is 12.4. The van der Waals surface area contributed by atoms with E-state index in [1.54, 1.807) is 6.08 Å². The van der Waals surface area contributed by atoms with Gasteiger partial charge in [-0.25, -0.2) is 0 Å². The summed E-state index contributed by atoms with van der Waals surface area (Å²) >= 11 is 0. The molecule has 0 amide bonds. The van der Waals surface area contributed by atoms with Gasteiger partial charge in [-0.1, -0.05) is 115 Å². The highest BCUT2D eigenvalue weighted by Gasteiger charge is 2.52. The Labute approximate surface area is 255 Å². The summed E-state index contributed by atoms with van der Waals surface area (Å²) in [7, 11) is 0. The van der Waals surface area contributed by atoms with Crippen molar-refractivity contribution in [1.82, 2.24) is 5.32 Å². The molecule has 1 unspecified atom stereocenters. The van der Waals surface area contributed by atoms with Gasteiger partial charge in [-0.3, -0.25) is 10.1 Å². The molecule has 5 rings (SSSR count). The molecule has 43 heavy (non-hydrogen) atoms. The first kappa shape index (κ1) is 30.4. The molecule has 2 N–H and O–H groups in total. The SMILES string of the molecule is C=CCC(CO)(COCc1ccccc1)[C@H](NC1(c2ccccc2)c2ccccc2-c2ccccc21)C(=O)OC(C)(C)C. The number of aliphatic hydroxyl groups excluding tert-OH is 1. The van der Waals surface area contributed by atoms with Gasteiger partial charge >= 0.3 is 5.97 Å². The summed E-state index contributed by atoms with van der Waals surface area (Å²) in [4.78, 5) is 14.4. The number of aliphatic hydroxyl groups is 1. The lowest BCUT2D eigenvalue weighted by atomic mass is 9.74. The Morgan fingerprint density at radius 1 is 0.860 bits per heavy atom. The standard InChI is InChI=1S/C38H41NO4/c1-5-24-37(26-40,27-42-25-28-16-8-6-9-17-28)34(35(41)43-36(2,3)4)39-38(29-18-10-7-11-19-29)32-22-14-12-20-30(32)31-21-13-15-23-33(31)38/h5-23,34,39-40H,1,24-27H2,2-4H3/t34-,37?/m1/s1. The topological polar surface area (TPSA) is 67.8 Å². The van der Waals surface area contributed by atoms with Gasteiger partial charge in [-0.2, -0.15) is 0 Å². The number of esters is 1. The molecule has 4 aromatic rings. The predicted molar refractivity (Wildman–Crippen MR) is 171 cm³/mol. The van der Waals surface area contributed by atoms with Gasteiger partial charge in [0.1, 0.15) is 11.6 Å². The lowest BCUT2D eigenvalue weighted by Crippen LogP contribution is -2.62. The zero-order chi connectivity index (χ0) is 30.5. The molecule has 0 aromatic heterocycles. The van der Waals surface area contributed by atoms with Gasteiger partial charge in [0.25, 0.3) is 0 Å². The zero-order valence-corrected chi connectivity index (χ0v) is 25.3. The first-order chi connectivity index (χ1) is 20.7. The monoisotopic (exact) mass is 575 g/mol. The normalized spacial score (nSPS) is 15.5. The lowest BCUT2D eigenvalue weighted by molar-refractivity contribution is -0.165. The third kappa shape index (κ3) is 6.07. The minimum Gasteiger partial charge on any atom is -0.459 e. The van der Waals surface area contributed by atoms with Crippen LogP contribution in [0.4, 0.5) is 0 Å². The first-order valence-electron chi connectivity index (χ1n) is 14.8. The summed E-state index contributed by atoms with van der Waals surface area (Å²) in [5.41, 5.74) is 3.52. The number of benzene rings is 4. The van der Waals surface area contributed by atoms with E-state index in [2.05, 4.69) is 48.3 Å². The van der Waals surface area contributed by atoms with Gasteiger partial charge in [0.05, 0.1) is 25.4 Å². The van der Waals surface area contributed by atoms with Crippen LogP contribution < -0.4 is 5.32 Å². The fourth-order valence-corrected chi connectivity index (χ4v) is 6.21. The number of ether oxygens (including phenoxy) is 2. The summed E-state index contributed by atoms with van der Waals surface area (Å²) in [5.74, 6) is -0.455. The van der Waals surface area contributed by atoms with Crippen LogP contribution in [0.25, 0.3) is 11.1 Å². The van der Waals surface area contributed by atoms with E-state index in [9.17, 15) is 9.90 Å². The summed E-state index contributed by atoms with van der Waals surface area (Å²) in [6.07, 6.45) is 2.07. The molecule has 0 fully saturated rings. The molecule has 0 radical (unpaired) electrons. The fraction of sp³-hybridized carbons (Fsp3) is 0.289. The molecular weight excluding hydrogens is 534 g/mol. The number of allylic oxidation sites excluding steroid dienone is 1. The molecule has 0 heterocycles. The number of hydrogen-bond acceptors (Lipinski definition) is 5. The first-order valence-corrected chi connectivity index (χ1v) is 14.8. The maximum absolute atomic E-state index is 14.4. The number of fused-ring (bicyclic) bond motifs is 3. The number of carbonyl (C=O) groups is 1. The quantitative estimate of drug-likeness (QED) is 0.140. The van der Waals surface area contributed by atoms with Crippen molar-refractivity contribution in [2.75, 3.05) is 13.2 Å². The van der Waals surface area contributed by atoms with Gasteiger partial charge in [0, 0.05) is 5.41 Å². The second kappa shape index (κ2) is 12.7. The second-order valence-electron chi connectivity index (χ2n) is 12.3. The van der Waals surface area contributed by atoms with Crippen LogP contribution in [0.3, 0.4) is 0 Å². The van der Waals surface area contributed by atoms with E-state index < -0.39 is 28.6 Å². The maximum atomic E-state index is 14.4. The summed E-state index contributed by atoms with van der Waals surface area (Å²) in [6.45, 7) is 9.71. The molecule has 1 aliphatic rings. The Bertz CT molecular complexity index is 1500. The number of rotatable bonds is 12. The second-order valence-corrected chi connectivity index (χ2v) is 12.3. The Balaban J connectivity index is 1.68. The highest BCUT2D eigenvalue weighted by molar-refractivity contribution is 5.84. The smallest absolute Gasteiger partial charge is 0.324 e. The van der Waals surface area contributed by atoms with Crippen molar-refractivity contribution >= 4 is 5.97 Å². The van der Waals surface area contributed by atoms with E-state index >= 15 is 0 Å². The van der Waals surface area contributed by atoms with Crippen molar-refractivity contribution in [3.8, 4) is 11.1 Å². The number of hydrogen-bond donors (Lipinski definition) is 2. The number of nitrogens with one attached hydrogen (secondary N) is 1.